The van der Waals surface area contributed by atoms with Crippen LogP contribution in [0.1, 0.15) is 18.7 Å². The Morgan fingerprint density at radius 2 is 1.87 bits per heavy atom. The molecule has 2 aromatic heterocycles. The van der Waals surface area contributed by atoms with Crippen LogP contribution >= 0.6 is 0 Å². The van der Waals surface area contributed by atoms with Gasteiger partial charge in [-0.15, -0.1) is 0 Å². The van der Waals surface area contributed by atoms with Gasteiger partial charge in [-0.05, 0) is 31.2 Å². The zero-order valence-electron chi connectivity index (χ0n) is 8.59. The third kappa shape index (κ3) is 2.53. The fourth-order valence-electron chi connectivity index (χ4n) is 1.40. The molecule has 2 heterocycles. The van der Waals surface area contributed by atoms with Crippen molar-refractivity contribution in [2.45, 2.75) is 13.0 Å². The molecule has 2 aromatic rings. The number of nitrogens with zero attached hydrogens (tertiary/aromatic N) is 2. The molecule has 0 saturated heterocycles. The van der Waals surface area contributed by atoms with E-state index >= 15 is 0 Å². The van der Waals surface area contributed by atoms with Gasteiger partial charge in [-0.3, -0.25) is 9.97 Å². The lowest BCUT2D eigenvalue weighted by molar-refractivity contribution is 0.839. The van der Waals surface area contributed by atoms with Crippen LogP contribution in [0.4, 0.5) is 5.69 Å². The molecule has 2 rings (SSSR count). The molecule has 0 radical (unpaired) electrons. The highest BCUT2D eigenvalue weighted by Crippen LogP contribution is 2.15. The molecule has 0 fully saturated rings. The first-order valence-electron chi connectivity index (χ1n) is 4.94. The standard InChI is InChI=1S/C12H13N3/c1-10(12-4-2-3-7-14-12)15-11-5-8-13-9-6-11/h2-10H,1H3,(H,13,15). The maximum atomic E-state index is 4.30. The quantitative estimate of drug-likeness (QED) is 0.825. The lowest BCUT2D eigenvalue weighted by Gasteiger charge is -2.13. The molecule has 0 amide bonds. The Morgan fingerprint density at radius 1 is 1.07 bits per heavy atom. The van der Waals surface area contributed by atoms with Crippen molar-refractivity contribution in [1.29, 1.82) is 0 Å². The largest absolute Gasteiger partial charge is 0.377 e. The van der Waals surface area contributed by atoms with Gasteiger partial charge in [-0.2, -0.15) is 0 Å². The molecule has 0 aliphatic heterocycles. The monoisotopic (exact) mass is 199 g/mol. The van der Waals surface area contributed by atoms with Crippen LogP contribution in [-0.2, 0) is 0 Å². The summed E-state index contributed by atoms with van der Waals surface area (Å²) in [7, 11) is 0. The highest BCUT2D eigenvalue weighted by molar-refractivity contribution is 5.42. The van der Waals surface area contributed by atoms with Crippen LogP contribution in [0.2, 0.25) is 0 Å². The van der Waals surface area contributed by atoms with E-state index in [1.54, 1.807) is 18.6 Å². The van der Waals surface area contributed by atoms with Gasteiger partial charge in [0.05, 0.1) is 11.7 Å². The molecule has 0 saturated carbocycles. The fraction of sp³-hybridized carbons (Fsp3) is 0.167. The average Bonchev–Trinajstić information content (AvgIpc) is 2.31. The predicted octanol–water partition coefficient (Wildman–Crippen LogP) is 2.65. The second-order valence-corrected chi connectivity index (χ2v) is 3.36. The zero-order chi connectivity index (χ0) is 10.5. The Labute approximate surface area is 89.2 Å². The Balaban J connectivity index is 2.08. The Morgan fingerprint density at radius 3 is 2.53 bits per heavy atom. The van der Waals surface area contributed by atoms with E-state index in [9.17, 15) is 0 Å². The third-order valence-corrected chi connectivity index (χ3v) is 2.19. The predicted molar refractivity (Wildman–Crippen MR) is 60.5 cm³/mol. The first-order chi connectivity index (χ1) is 7.36. The van der Waals surface area contributed by atoms with Gasteiger partial charge in [0, 0.05) is 24.3 Å². The van der Waals surface area contributed by atoms with E-state index in [1.807, 2.05) is 30.3 Å². The Kier molecular flexibility index (Phi) is 2.93. The van der Waals surface area contributed by atoms with Gasteiger partial charge in [0.2, 0.25) is 0 Å². The van der Waals surface area contributed by atoms with Crippen molar-refractivity contribution in [2.24, 2.45) is 0 Å². The number of rotatable bonds is 3. The lowest BCUT2D eigenvalue weighted by atomic mass is 10.2. The number of pyridine rings is 2. The SMILES string of the molecule is CC(Nc1ccncc1)c1ccccn1. The van der Waals surface area contributed by atoms with E-state index in [1.165, 1.54) is 0 Å². The molecule has 0 aliphatic carbocycles. The van der Waals surface area contributed by atoms with Crippen molar-refractivity contribution in [1.82, 2.24) is 9.97 Å². The average molecular weight is 199 g/mol. The molecule has 3 nitrogen and oxygen atoms in total. The van der Waals surface area contributed by atoms with Crippen LogP contribution in [0.15, 0.2) is 48.9 Å². The summed E-state index contributed by atoms with van der Waals surface area (Å²) >= 11 is 0. The van der Waals surface area contributed by atoms with Crippen molar-refractivity contribution >= 4 is 5.69 Å². The normalized spacial score (nSPS) is 12.1. The van der Waals surface area contributed by atoms with Gasteiger partial charge in [-0.1, -0.05) is 6.07 Å². The molecule has 0 aliphatic rings. The number of hydrogen-bond acceptors (Lipinski definition) is 3. The van der Waals surface area contributed by atoms with Crippen molar-refractivity contribution in [3.8, 4) is 0 Å². The first kappa shape index (κ1) is 9.65. The summed E-state index contributed by atoms with van der Waals surface area (Å²) < 4.78 is 0. The van der Waals surface area contributed by atoms with Crippen LogP contribution in [0.25, 0.3) is 0 Å². The summed E-state index contributed by atoms with van der Waals surface area (Å²) in [6.07, 6.45) is 5.35. The van der Waals surface area contributed by atoms with Gasteiger partial charge in [0.1, 0.15) is 0 Å². The lowest BCUT2D eigenvalue weighted by Crippen LogP contribution is -2.07. The van der Waals surface area contributed by atoms with E-state index in [4.69, 9.17) is 0 Å². The smallest absolute Gasteiger partial charge is 0.0657 e. The molecule has 3 heteroatoms. The molecular weight excluding hydrogens is 186 g/mol. The van der Waals surface area contributed by atoms with E-state index in [0.717, 1.165) is 11.4 Å². The van der Waals surface area contributed by atoms with Crippen molar-refractivity contribution < 1.29 is 0 Å². The molecule has 76 valence electrons. The van der Waals surface area contributed by atoms with Crippen LogP contribution in [0.5, 0.6) is 0 Å². The Hall–Kier alpha value is -1.90. The third-order valence-electron chi connectivity index (χ3n) is 2.19. The molecular formula is C12H13N3. The highest BCUT2D eigenvalue weighted by atomic mass is 14.9. The number of aromatic nitrogens is 2. The van der Waals surface area contributed by atoms with Gasteiger partial charge < -0.3 is 5.32 Å². The van der Waals surface area contributed by atoms with Crippen molar-refractivity contribution in [3.63, 3.8) is 0 Å². The van der Waals surface area contributed by atoms with Crippen LogP contribution in [0.3, 0.4) is 0 Å². The number of nitrogens with one attached hydrogen (secondary N) is 1. The van der Waals surface area contributed by atoms with Gasteiger partial charge >= 0.3 is 0 Å². The first-order valence-corrected chi connectivity index (χ1v) is 4.94. The van der Waals surface area contributed by atoms with E-state index in [0.29, 0.717) is 0 Å². The number of anilines is 1. The minimum absolute atomic E-state index is 0.202. The zero-order valence-corrected chi connectivity index (χ0v) is 8.59. The molecule has 15 heavy (non-hydrogen) atoms. The molecule has 0 bridgehead atoms. The summed E-state index contributed by atoms with van der Waals surface area (Å²) in [6, 6.07) is 10.0. The van der Waals surface area contributed by atoms with Crippen molar-refractivity contribution in [2.75, 3.05) is 5.32 Å². The van der Waals surface area contributed by atoms with Gasteiger partial charge in [-0.25, -0.2) is 0 Å². The van der Waals surface area contributed by atoms with E-state index < -0.39 is 0 Å². The van der Waals surface area contributed by atoms with Gasteiger partial charge in [0.15, 0.2) is 0 Å². The van der Waals surface area contributed by atoms with Crippen LogP contribution in [-0.4, -0.2) is 9.97 Å². The molecule has 0 spiro atoms. The molecule has 1 N–H and O–H groups in total. The topological polar surface area (TPSA) is 37.8 Å². The maximum absolute atomic E-state index is 4.30. The molecule has 0 aromatic carbocycles. The van der Waals surface area contributed by atoms with Crippen LogP contribution in [0, 0.1) is 0 Å². The molecule has 1 unspecified atom stereocenters. The summed E-state index contributed by atoms with van der Waals surface area (Å²) in [5.41, 5.74) is 2.09. The minimum atomic E-state index is 0.202. The summed E-state index contributed by atoms with van der Waals surface area (Å²) in [6.45, 7) is 2.09. The minimum Gasteiger partial charge on any atom is -0.377 e. The van der Waals surface area contributed by atoms with Crippen LogP contribution < -0.4 is 5.32 Å². The summed E-state index contributed by atoms with van der Waals surface area (Å²) in [5, 5.41) is 3.36. The second kappa shape index (κ2) is 4.55. The highest BCUT2D eigenvalue weighted by Gasteiger charge is 2.04. The van der Waals surface area contributed by atoms with Crippen molar-refractivity contribution in [3.05, 3.63) is 54.6 Å². The summed E-state index contributed by atoms with van der Waals surface area (Å²) in [5.74, 6) is 0. The second-order valence-electron chi connectivity index (χ2n) is 3.36. The fourth-order valence-corrected chi connectivity index (χ4v) is 1.40. The van der Waals surface area contributed by atoms with E-state index in [2.05, 4.69) is 22.2 Å². The maximum Gasteiger partial charge on any atom is 0.0657 e. The van der Waals surface area contributed by atoms with E-state index in [-0.39, 0.29) is 6.04 Å². The Bertz CT molecular complexity index is 400. The summed E-state index contributed by atoms with van der Waals surface area (Å²) in [4.78, 5) is 8.27. The number of hydrogen-bond donors (Lipinski definition) is 1. The van der Waals surface area contributed by atoms with Gasteiger partial charge in [0.25, 0.3) is 0 Å². The molecule has 1 atom stereocenters.